The van der Waals surface area contributed by atoms with Gasteiger partial charge < -0.3 is 14.2 Å². The highest BCUT2D eigenvalue weighted by molar-refractivity contribution is 5.91. The van der Waals surface area contributed by atoms with E-state index >= 15 is 0 Å². The molecule has 0 N–H and O–H groups in total. The minimum atomic E-state index is -0.279. The molecule has 1 spiro atoms. The number of ether oxygens (including phenoxy) is 3. The summed E-state index contributed by atoms with van der Waals surface area (Å²) in [5.41, 5.74) is 1.43. The smallest absolute Gasteiger partial charge is 0.168 e. The van der Waals surface area contributed by atoms with Crippen molar-refractivity contribution in [1.29, 1.82) is 0 Å². The van der Waals surface area contributed by atoms with Gasteiger partial charge in [0, 0.05) is 18.2 Å². The minimum Gasteiger partial charge on any atom is -0.496 e. The van der Waals surface area contributed by atoms with Gasteiger partial charge in [-0.3, -0.25) is 0 Å². The number of fused-ring (bicyclic) bond motifs is 1. The fraction of sp³-hybridized carbons (Fsp3) is 0.474. The molecule has 3 nitrogen and oxygen atoms in total. The average Bonchev–Trinajstić information content (AvgIpc) is 3.03. The lowest BCUT2D eigenvalue weighted by molar-refractivity contribution is -0.178. The molecule has 1 saturated carbocycles. The van der Waals surface area contributed by atoms with Gasteiger partial charge in [0.1, 0.15) is 5.75 Å². The standard InChI is InChI=1S/C19H22O3/c1-20-18-7-6-15(16-4-2-3-5-17(16)18)14-8-10-19(11-9-14)21-12-13-22-19/h2-7,14H,8-13H2,1H3. The second-order valence-corrected chi connectivity index (χ2v) is 6.28. The maximum Gasteiger partial charge on any atom is 0.168 e. The Morgan fingerprint density at radius 1 is 0.955 bits per heavy atom. The molecule has 3 heteroatoms. The normalized spacial score (nSPS) is 21.5. The summed E-state index contributed by atoms with van der Waals surface area (Å²) in [7, 11) is 1.74. The molecule has 2 fully saturated rings. The lowest BCUT2D eigenvalue weighted by Crippen LogP contribution is -2.34. The molecule has 2 aromatic carbocycles. The van der Waals surface area contributed by atoms with Gasteiger partial charge in [0.05, 0.1) is 20.3 Å². The van der Waals surface area contributed by atoms with E-state index in [4.69, 9.17) is 14.2 Å². The van der Waals surface area contributed by atoms with Crippen LogP contribution in [-0.2, 0) is 9.47 Å². The number of benzene rings is 2. The van der Waals surface area contributed by atoms with Gasteiger partial charge in [0.2, 0.25) is 0 Å². The monoisotopic (exact) mass is 298 g/mol. The van der Waals surface area contributed by atoms with Gasteiger partial charge in [-0.15, -0.1) is 0 Å². The Hall–Kier alpha value is -1.58. The van der Waals surface area contributed by atoms with Crippen LogP contribution in [-0.4, -0.2) is 26.1 Å². The zero-order chi connectivity index (χ0) is 15.0. The van der Waals surface area contributed by atoms with Crippen molar-refractivity contribution < 1.29 is 14.2 Å². The van der Waals surface area contributed by atoms with Crippen molar-refractivity contribution >= 4 is 10.8 Å². The van der Waals surface area contributed by atoms with Gasteiger partial charge in [-0.1, -0.05) is 30.3 Å². The minimum absolute atomic E-state index is 0.279. The third-order valence-corrected chi connectivity index (χ3v) is 5.14. The molecule has 4 rings (SSSR count). The summed E-state index contributed by atoms with van der Waals surface area (Å²) in [5.74, 6) is 1.25. The van der Waals surface area contributed by atoms with E-state index in [1.54, 1.807) is 7.11 Å². The Balaban J connectivity index is 1.65. The van der Waals surface area contributed by atoms with Crippen molar-refractivity contribution in [3.8, 4) is 5.75 Å². The maximum absolute atomic E-state index is 5.85. The van der Waals surface area contributed by atoms with E-state index in [9.17, 15) is 0 Å². The highest BCUT2D eigenvalue weighted by Gasteiger charge is 2.40. The Morgan fingerprint density at radius 3 is 2.32 bits per heavy atom. The van der Waals surface area contributed by atoms with Gasteiger partial charge in [0.15, 0.2) is 5.79 Å². The highest BCUT2D eigenvalue weighted by atomic mass is 16.7. The summed E-state index contributed by atoms with van der Waals surface area (Å²) in [4.78, 5) is 0. The molecule has 116 valence electrons. The molecular weight excluding hydrogens is 276 g/mol. The molecular formula is C19H22O3. The van der Waals surface area contributed by atoms with E-state index in [0.29, 0.717) is 5.92 Å². The topological polar surface area (TPSA) is 27.7 Å². The van der Waals surface area contributed by atoms with Gasteiger partial charge in [0.25, 0.3) is 0 Å². The van der Waals surface area contributed by atoms with Crippen molar-refractivity contribution in [3.05, 3.63) is 42.0 Å². The predicted octanol–water partition coefficient (Wildman–Crippen LogP) is 4.25. The molecule has 22 heavy (non-hydrogen) atoms. The first-order valence-corrected chi connectivity index (χ1v) is 8.15. The number of rotatable bonds is 2. The van der Waals surface area contributed by atoms with Crippen LogP contribution in [0.25, 0.3) is 10.8 Å². The molecule has 0 unspecified atom stereocenters. The van der Waals surface area contributed by atoms with E-state index < -0.39 is 0 Å². The molecule has 0 aromatic heterocycles. The largest absolute Gasteiger partial charge is 0.496 e. The van der Waals surface area contributed by atoms with E-state index in [1.165, 1.54) is 16.3 Å². The van der Waals surface area contributed by atoms with Crippen LogP contribution >= 0.6 is 0 Å². The van der Waals surface area contributed by atoms with Gasteiger partial charge in [-0.05, 0) is 35.8 Å². The van der Waals surface area contributed by atoms with E-state index in [0.717, 1.165) is 44.6 Å². The molecule has 1 saturated heterocycles. The van der Waals surface area contributed by atoms with Crippen LogP contribution in [0.3, 0.4) is 0 Å². The van der Waals surface area contributed by atoms with Crippen molar-refractivity contribution in [2.45, 2.75) is 37.4 Å². The van der Waals surface area contributed by atoms with Crippen LogP contribution in [0, 0.1) is 0 Å². The first-order chi connectivity index (χ1) is 10.8. The second-order valence-electron chi connectivity index (χ2n) is 6.28. The third kappa shape index (κ3) is 2.29. The maximum atomic E-state index is 5.85. The van der Waals surface area contributed by atoms with Crippen LogP contribution < -0.4 is 4.74 Å². The summed E-state index contributed by atoms with van der Waals surface area (Å²) in [6, 6.07) is 12.9. The lowest BCUT2D eigenvalue weighted by Gasteiger charge is -2.36. The van der Waals surface area contributed by atoms with E-state index in [2.05, 4.69) is 36.4 Å². The lowest BCUT2D eigenvalue weighted by atomic mass is 9.79. The number of methoxy groups -OCH3 is 1. The summed E-state index contributed by atoms with van der Waals surface area (Å²) in [6.07, 6.45) is 4.24. The average molecular weight is 298 g/mol. The van der Waals surface area contributed by atoms with Crippen LogP contribution in [0.4, 0.5) is 0 Å². The summed E-state index contributed by atoms with van der Waals surface area (Å²) >= 11 is 0. The molecule has 1 heterocycles. The van der Waals surface area contributed by atoms with Gasteiger partial charge in [-0.25, -0.2) is 0 Å². The third-order valence-electron chi connectivity index (χ3n) is 5.14. The Kier molecular flexibility index (Phi) is 3.55. The van der Waals surface area contributed by atoms with Gasteiger partial charge in [-0.2, -0.15) is 0 Å². The van der Waals surface area contributed by atoms with Crippen LogP contribution in [0.5, 0.6) is 5.75 Å². The van der Waals surface area contributed by atoms with E-state index in [1.807, 2.05) is 0 Å². The fourth-order valence-electron chi connectivity index (χ4n) is 3.98. The molecule has 0 atom stereocenters. The van der Waals surface area contributed by atoms with Crippen molar-refractivity contribution in [2.24, 2.45) is 0 Å². The molecule has 2 aliphatic rings. The van der Waals surface area contributed by atoms with Crippen LogP contribution in [0.2, 0.25) is 0 Å². The summed E-state index contributed by atoms with van der Waals surface area (Å²) in [5, 5.41) is 2.52. The summed E-state index contributed by atoms with van der Waals surface area (Å²) in [6.45, 7) is 1.49. The van der Waals surface area contributed by atoms with Crippen molar-refractivity contribution in [2.75, 3.05) is 20.3 Å². The number of hydrogen-bond donors (Lipinski definition) is 0. The zero-order valence-corrected chi connectivity index (χ0v) is 13.0. The molecule has 0 bridgehead atoms. The predicted molar refractivity (Wildman–Crippen MR) is 86.3 cm³/mol. The molecule has 0 amide bonds. The second kappa shape index (κ2) is 5.56. The fourth-order valence-corrected chi connectivity index (χ4v) is 3.98. The Morgan fingerprint density at radius 2 is 1.64 bits per heavy atom. The summed E-state index contributed by atoms with van der Waals surface area (Å²) < 4.78 is 17.2. The van der Waals surface area contributed by atoms with Crippen molar-refractivity contribution in [3.63, 3.8) is 0 Å². The molecule has 1 aliphatic heterocycles. The highest BCUT2D eigenvalue weighted by Crippen LogP contribution is 2.44. The van der Waals surface area contributed by atoms with E-state index in [-0.39, 0.29) is 5.79 Å². The van der Waals surface area contributed by atoms with Crippen LogP contribution in [0.15, 0.2) is 36.4 Å². The first-order valence-electron chi connectivity index (χ1n) is 8.15. The quantitative estimate of drug-likeness (QED) is 0.829. The number of hydrogen-bond acceptors (Lipinski definition) is 3. The van der Waals surface area contributed by atoms with Crippen molar-refractivity contribution in [1.82, 2.24) is 0 Å². The van der Waals surface area contributed by atoms with Crippen LogP contribution in [0.1, 0.15) is 37.2 Å². The first kappa shape index (κ1) is 14.0. The zero-order valence-electron chi connectivity index (χ0n) is 13.0. The Bertz CT molecular complexity index is 663. The Labute approximate surface area is 131 Å². The van der Waals surface area contributed by atoms with Gasteiger partial charge >= 0.3 is 0 Å². The molecule has 1 aliphatic carbocycles. The SMILES string of the molecule is COc1ccc(C2CCC3(CC2)OCCO3)c2ccccc12. The molecule has 2 aromatic rings. The molecule has 0 radical (unpaired) electrons.